The van der Waals surface area contributed by atoms with Gasteiger partial charge in [0.1, 0.15) is 0 Å². The first-order valence-electron chi connectivity index (χ1n) is 6.58. The molecule has 0 aliphatic heterocycles. The van der Waals surface area contributed by atoms with E-state index in [1.165, 1.54) is 10.5 Å². The summed E-state index contributed by atoms with van der Waals surface area (Å²) in [6, 6.07) is 10.6. The lowest BCUT2D eigenvalue weighted by molar-refractivity contribution is 0.564. The Balaban J connectivity index is 2.16. The van der Waals surface area contributed by atoms with Crippen LogP contribution in [0.1, 0.15) is 31.9 Å². The Hall–Kier alpha value is -1.39. The summed E-state index contributed by atoms with van der Waals surface area (Å²) >= 11 is 1.61. The van der Waals surface area contributed by atoms with Crippen LogP contribution in [0.4, 0.5) is 0 Å². The predicted molar refractivity (Wildman–Crippen MR) is 79.3 cm³/mol. The van der Waals surface area contributed by atoms with E-state index in [1.54, 1.807) is 24.2 Å². The van der Waals surface area contributed by atoms with Gasteiger partial charge >= 0.3 is 0 Å². The number of benzene rings is 1. The lowest BCUT2D eigenvalue weighted by Crippen LogP contribution is -2.19. The molecule has 0 fully saturated rings. The van der Waals surface area contributed by atoms with Gasteiger partial charge in [-0.15, -0.1) is 0 Å². The van der Waals surface area contributed by atoms with Crippen LogP contribution in [-0.4, -0.2) is 16.5 Å². The highest BCUT2D eigenvalue weighted by Gasteiger charge is 2.11. The van der Waals surface area contributed by atoms with E-state index in [0.29, 0.717) is 6.04 Å². The molecule has 0 bridgehead atoms. The van der Waals surface area contributed by atoms with Crippen LogP contribution in [0.2, 0.25) is 0 Å². The SMILES string of the molecule is CCCNC(C)c1ccccc1Sc1ncccn1. The van der Waals surface area contributed by atoms with Crippen molar-refractivity contribution in [1.82, 2.24) is 15.3 Å². The molecule has 0 amide bonds. The van der Waals surface area contributed by atoms with Crippen LogP contribution in [0.15, 0.2) is 52.8 Å². The van der Waals surface area contributed by atoms with Gasteiger partial charge in [0.25, 0.3) is 0 Å². The Morgan fingerprint density at radius 2 is 1.89 bits per heavy atom. The summed E-state index contributed by atoms with van der Waals surface area (Å²) in [6.07, 6.45) is 4.69. The first-order valence-corrected chi connectivity index (χ1v) is 7.40. The summed E-state index contributed by atoms with van der Waals surface area (Å²) in [7, 11) is 0. The maximum Gasteiger partial charge on any atom is 0.192 e. The molecular weight excluding hydrogens is 254 g/mol. The number of nitrogens with zero attached hydrogens (tertiary/aromatic N) is 2. The minimum atomic E-state index is 0.340. The van der Waals surface area contributed by atoms with Crippen LogP contribution in [0, 0.1) is 0 Å². The fourth-order valence-corrected chi connectivity index (χ4v) is 2.77. The van der Waals surface area contributed by atoms with Gasteiger partial charge in [-0.05, 0) is 49.3 Å². The Labute approximate surface area is 118 Å². The molecule has 0 radical (unpaired) electrons. The highest BCUT2D eigenvalue weighted by molar-refractivity contribution is 7.99. The fraction of sp³-hybridized carbons (Fsp3) is 0.333. The summed E-state index contributed by atoms with van der Waals surface area (Å²) in [5.74, 6) is 0. The van der Waals surface area contributed by atoms with E-state index in [4.69, 9.17) is 0 Å². The predicted octanol–water partition coefficient (Wildman–Crippen LogP) is 3.69. The lowest BCUT2D eigenvalue weighted by atomic mass is 10.1. The molecule has 0 aliphatic rings. The van der Waals surface area contributed by atoms with Crippen LogP contribution in [0.3, 0.4) is 0 Å². The molecule has 1 unspecified atom stereocenters. The van der Waals surface area contributed by atoms with E-state index >= 15 is 0 Å². The van der Waals surface area contributed by atoms with Crippen molar-refractivity contribution >= 4 is 11.8 Å². The van der Waals surface area contributed by atoms with Gasteiger partial charge in [-0.1, -0.05) is 25.1 Å². The summed E-state index contributed by atoms with van der Waals surface area (Å²) in [4.78, 5) is 9.75. The molecule has 1 aromatic heterocycles. The number of hydrogen-bond acceptors (Lipinski definition) is 4. The molecule has 1 atom stereocenters. The van der Waals surface area contributed by atoms with Crippen molar-refractivity contribution in [2.45, 2.75) is 36.4 Å². The maximum absolute atomic E-state index is 4.27. The van der Waals surface area contributed by atoms with Gasteiger partial charge in [0.2, 0.25) is 0 Å². The molecule has 4 heteroatoms. The second-order valence-electron chi connectivity index (χ2n) is 4.35. The third-order valence-corrected chi connectivity index (χ3v) is 3.81. The quantitative estimate of drug-likeness (QED) is 0.815. The van der Waals surface area contributed by atoms with Gasteiger partial charge in [-0.3, -0.25) is 0 Å². The second kappa shape index (κ2) is 7.26. The first kappa shape index (κ1) is 14.0. The molecule has 0 spiro atoms. The first-order chi connectivity index (χ1) is 9.31. The zero-order valence-electron chi connectivity index (χ0n) is 11.3. The number of aromatic nitrogens is 2. The summed E-state index contributed by atoms with van der Waals surface area (Å²) in [5.41, 5.74) is 1.30. The average molecular weight is 273 g/mol. The Kier molecular flexibility index (Phi) is 5.36. The number of rotatable bonds is 6. The smallest absolute Gasteiger partial charge is 0.192 e. The molecule has 2 rings (SSSR count). The van der Waals surface area contributed by atoms with E-state index in [2.05, 4.69) is 53.4 Å². The van der Waals surface area contributed by atoms with E-state index in [9.17, 15) is 0 Å². The Morgan fingerprint density at radius 1 is 1.16 bits per heavy atom. The minimum Gasteiger partial charge on any atom is -0.310 e. The third-order valence-electron chi connectivity index (χ3n) is 2.83. The second-order valence-corrected chi connectivity index (χ2v) is 5.36. The van der Waals surface area contributed by atoms with Gasteiger partial charge in [-0.2, -0.15) is 0 Å². The van der Waals surface area contributed by atoms with Crippen molar-refractivity contribution in [3.05, 3.63) is 48.3 Å². The van der Waals surface area contributed by atoms with Crippen molar-refractivity contribution < 1.29 is 0 Å². The molecular formula is C15H19N3S. The molecule has 0 aliphatic carbocycles. The fourth-order valence-electron chi connectivity index (χ4n) is 1.84. The Morgan fingerprint density at radius 3 is 2.63 bits per heavy atom. The normalized spacial score (nSPS) is 12.3. The van der Waals surface area contributed by atoms with E-state index in [1.807, 2.05) is 6.07 Å². The zero-order chi connectivity index (χ0) is 13.5. The van der Waals surface area contributed by atoms with Crippen LogP contribution >= 0.6 is 11.8 Å². The molecule has 100 valence electrons. The molecule has 19 heavy (non-hydrogen) atoms. The molecule has 3 nitrogen and oxygen atoms in total. The summed E-state index contributed by atoms with van der Waals surface area (Å²) in [5, 5.41) is 4.31. The maximum atomic E-state index is 4.27. The number of hydrogen-bond donors (Lipinski definition) is 1. The summed E-state index contributed by atoms with van der Waals surface area (Å²) in [6.45, 7) is 5.40. The van der Waals surface area contributed by atoms with Crippen LogP contribution < -0.4 is 5.32 Å². The minimum absolute atomic E-state index is 0.340. The standard InChI is InChI=1S/C15H19N3S/c1-3-9-16-12(2)13-7-4-5-8-14(13)19-15-17-10-6-11-18-15/h4-8,10-12,16H,3,9H2,1-2H3. The molecule has 1 N–H and O–H groups in total. The molecule has 2 aromatic rings. The van der Waals surface area contributed by atoms with Crippen molar-refractivity contribution in [3.8, 4) is 0 Å². The van der Waals surface area contributed by atoms with Crippen molar-refractivity contribution in [1.29, 1.82) is 0 Å². The monoisotopic (exact) mass is 273 g/mol. The van der Waals surface area contributed by atoms with Crippen molar-refractivity contribution in [2.75, 3.05) is 6.54 Å². The van der Waals surface area contributed by atoms with E-state index in [-0.39, 0.29) is 0 Å². The van der Waals surface area contributed by atoms with Crippen molar-refractivity contribution in [2.24, 2.45) is 0 Å². The van der Waals surface area contributed by atoms with E-state index in [0.717, 1.165) is 18.1 Å². The number of nitrogens with one attached hydrogen (secondary N) is 1. The molecule has 0 saturated heterocycles. The topological polar surface area (TPSA) is 37.8 Å². The average Bonchev–Trinajstić information content (AvgIpc) is 2.46. The van der Waals surface area contributed by atoms with Crippen LogP contribution in [0.5, 0.6) is 0 Å². The van der Waals surface area contributed by atoms with Gasteiger partial charge in [0, 0.05) is 23.3 Å². The van der Waals surface area contributed by atoms with Crippen molar-refractivity contribution in [3.63, 3.8) is 0 Å². The van der Waals surface area contributed by atoms with Gasteiger partial charge in [-0.25, -0.2) is 9.97 Å². The lowest BCUT2D eigenvalue weighted by Gasteiger charge is -2.16. The van der Waals surface area contributed by atoms with Gasteiger partial charge in [0.15, 0.2) is 5.16 Å². The highest BCUT2D eigenvalue weighted by Crippen LogP contribution is 2.30. The summed E-state index contributed by atoms with van der Waals surface area (Å²) < 4.78 is 0. The van der Waals surface area contributed by atoms with Gasteiger partial charge < -0.3 is 5.32 Å². The van der Waals surface area contributed by atoms with Crippen LogP contribution in [0.25, 0.3) is 0 Å². The van der Waals surface area contributed by atoms with Gasteiger partial charge in [0.05, 0.1) is 0 Å². The third kappa shape index (κ3) is 4.04. The zero-order valence-corrected chi connectivity index (χ0v) is 12.2. The Bertz CT molecular complexity index is 502. The van der Waals surface area contributed by atoms with E-state index < -0.39 is 0 Å². The molecule has 0 saturated carbocycles. The van der Waals surface area contributed by atoms with Crippen LogP contribution in [-0.2, 0) is 0 Å². The molecule has 1 heterocycles. The largest absolute Gasteiger partial charge is 0.310 e. The highest BCUT2D eigenvalue weighted by atomic mass is 32.2. The molecule has 1 aromatic carbocycles.